The van der Waals surface area contributed by atoms with Crippen molar-refractivity contribution in [3.63, 3.8) is 0 Å². The molecule has 106 valence electrons. The van der Waals surface area contributed by atoms with Crippen LogP contribution in [0.2, 0.25) is 0 Å². The fraction of sp³-hybridized carbons (Fsp3) is 0.385. The number of anilines is 1. The van der Waals surface area contributed by atoms with Gasteiger partial charge in [0.15, 0.2) is 0 Å². The minimum absolute atomic E-state index is 0.0438. The van der Waals surface area contributed by atoms with Gasteiger partial charge in [-0.3, -0.25) is 9.48 Å². The van der Waals surface area contributed by atoms with E-state index in [9.17, 15) is 4.79 Å². The van der Waals surface area contributed by atoms with Gasteiger partial charge in [-0.1, -0.05) is 0 Å². The van der Waals surface area contributed by atoms with Crippen molar-refractivity contribution in [2.75, 3.05) is 11.9 Å². The molecule has 7 nitrogen and oxygen atoms in total. The van der Waals surface area contributed by atoms with Gasteiger partial charge in [0, 0.05) is 25.0 Å². The number of hydrogen-bond acceptors (Lipinski definition) is 5. The first-order valence-corrected chi connectivity index (χ1v) is 6.53. The van der Waals surface area contributed by atoms with Crippen molar-refractivity contribution in [3.05, 3.63) is 36.5 Å². The number of nitrogens with one attached hydrogen (secondary N) is 2. The summed E-state index contributed by atoms with van der Waals surface area (Å²) in [5, 5.41) is 9.99. The van der Waals surface area contributed by atoms with Gasteiger partial charge in [0.2, 0.25) is 0 Å². The van der Waals surface area contributed by atoms with Crippen LogP contribution in [0, 0.1) is 0 Å². The molecule has 0 radical (unpaired) electrons. The fourth-order valence-electron chi connectivity index (χ4n) is 1.75. The molecule has 1 atom stereocenters. The maximum absolute atomic E-state index is 12.0. The van der Waals surface area contributed by atoms with Gasteiger partial charge in [-0.15, -0.1) is 0 Å². The lowest BCUT2D eigenvalue weighted by molar-refractivity contribution is 0.0930. The summed E-state index contributed by atoms with van der Waals surface area (Å²) in [5.74, 6) is 0.425. The predicted octanol–water partition coefficient (Wildman–Crippen LogP) is 0.923. The third-order valence-electron chi connectivity index (χ3n) is 2.64. The maximum Gasteiger partial charge on any atom is 0.271 e. The van der Waals surface area contributed by atoms with Gasteiger partial charge in [0.05, 0.1) is 18.9 Å². The highest BCUT2D eigenvalue weighted by atomic mass is 16.1. The van der Waals surface area contributed by atoms with Crippen LogP contribution in [0.1, 0.15) is 24.3 Å². The Balaban J connectivity index is 1.90. The standard InChI is InChI=1S/C13H18N6O/c1-3-14-12-8-15-11(7-16-12)13(20)18-10(2)9-19-6-4-5-17-19/h4-8,10H,3,9H2,1-2H3,(H,14,16)(H,18,20). The van der Waals surface area contributed by atoms with E-state index >= 15 is 0 Å². The Hall–Kier alpha value is -2.44. The second kappa shape index (κ2) is 6.65. The quantitative estimate of drug-likeness (QED) is 0.818. The van der Waals surface area contributed by atoms with Crippen molar-refractivity contribution in [2.24, 2.45) is 0 Å². The van der Waals surface area contributed by atoms with Crippen LogP contribution >= 0.6 is 0 Å². The van der Waals surface area contributed by atoms with E-state index in [1.807, 2.05) is 26.1 Å². The number of carbonyl (C=O) groups excluding carboxylic acids is 1. The first-order chi connectivity index (χ1) is 9.69. The Morgan fingerprint density at radius 3 is 2.85 bits per heavy atom. The van der Waals surface area contributed by atoms with Gasteiger partial charge in [-0.25, -0.2) is 9.97 Å². The smallest absolute Gasteiger partial charge is 0.271 e. The molecule has 2 aromatic heterocycles. The van der Waals surface area contributed by atoms with Gasteiger partial charge in [0.1, 0.15) is 11.5 Å². The third-order valence-corrected chi connectivity index (χ3v) is 2.64. The lowest BCUT2D eigenvalue weighted by Gasteiger charge is -2.13. The molecule has 0 aliphatic carbocycles. The molecule has 0 aliphatic rings. The molecule has 0 aromatic carbocycles. The molecule has 0 saturated carbocycles. The summed E-state index contributed by atoms with van der Waals surface area (Å²) >= 11 is 0. The van der Waals surface area contributed by atoms with Gasteiger partial charge >= 0.3 is 0 Å². The molecule has 2 rings (SSSR count). The molecule has 0 fully saturated rings. The highest BCUT2D eigenvalue weighted by Crippen LogP contribution is 2.01. The van der Waals surface area contributed by atoms with Crippen LogP contribution in [0.15, 0.2) is 30.9 Å². The van der Waals surface area contributed by atoms with Gasteiger partial charge in [-0.2, -0.15) is 5.10 Å². The molecule has 2 aromatic rings. The van der Waals surface area contributed by atoms with E-state index in [1.54, 1.807) is 17.1 Å². The van der Waals surface area contributed by atoms with Gasteiger partial charge in [0.25, 0.3) is 5.91 Å². The zero-order valence-electron chi connectivity index (χ0n) is 11.6. The molecule has 0 bridgehead atoms. The van der Waals surface area contributed by atoms with Crippen LogP contribution in [0.4, 0.5) is 5.82 Å². The van der Waals surface area contributed by atoms with Gasteiger partial charge in [-0.05, 0) is 19.9 Å². The summed E-state index contributed by atoms with van der Waals surface area (Å²) in [7, 11) is 0. The van der Waals surface area contributed by atoms with Crippen LogP contribution < -0.4 is 10.6 Å². The highest BCUT2D eigenvalue weighted by Gasteiger charge is 2.12. The topological polar surface area (TPSA) is 84.7 Å². The van der Waals surface area contributed by atoms with Crippen LogP contribution in [-0.4, -0.2) is 38.2 Å². The van der Waals surface area contributed by atoms with Crippen molar-refractivity contribution >= 4 is 11.7 Å². The molecular formula is C13H18N6O. The van der Waals surface area contributed by atoms with Crippen LogP contribution in [-0.2, 0) is 6.54 Å². The van der Waals surface area contributed by atoms with E-state index in [4.69, 9.17) is 0 Å². The maximum atomic E-state index is 12.0. The molecule has 2 N–H and O–H groups in total. The number of aromatic nitrogens is 4. The monoisotopic (exact) mass is 274 g/mol. The first kappa shape index (κ1) is 14.0. The Morgan fingerprint density at radius 1 is 1.40 bits per heavy atom. The molecule has 0 saturated heterocycles. The lowest BCUT2D eigenvalue weighted by Crippen LogP contribution is -2.36. The Labute approximate surface area is 117 Å². The van der Waals surface area contributed by atoms with Crippen LogP contribution in [0.25, 0.3) is 0 Å². The van der Waals surface area contributed by atoms with Crippen molar-refractivity contribution in [3.8, 4) is 0 Å². The molecule has 7 heteroatoms. The number of hydrogen-bond donors (Lipinski definition) is 2. The number of rotatable bonds is 6. The van der Waals surface area contributed by atoms with Crippen LogP contribution in [0.3, 0.4) is 0 Å². The second-order valence-electron chi connectivity index (χ2n) is 4.42. The van der Waals surface area contributed by atoms with E-state index in [0.29, 0.717) is 18.1 Å². The molecule has 0 spiro atoms. The summed E-state index contributed by atoms with van der Waals surface area (Å²) in [5.41, 5.74) is 0.305. The molecular weight excluding hydrogens is 256 g/mol. The zero-order valence-corrected chi connectivity index (χ0v) is 11.6. The summed E-state index contributed by atoms with van der Waals surface area (Å²) in [4.78, 5) is 20.2. The van der Waals surface area contributed by atoms with Crippen molar-refractivity contribution in [1.82, 2.24) is 25.1 Å². The van der Waals surface area contributed by atoms with E-state index in [-0.39, 0.29) is 11.9 Å². The van der Waals surface area contributed by atoms with Crippen molar-refractivity contribution in [1.29, 1.82) is 0 Å². The fourth-order valence-corrected chi connectivity index (χ4v) is 1.75. The predicted molar refractivity (Wildman–Crippen MR) is 75.4 cm³/mol. The summed E-state index contributed by atoms with van der Waals surface area (Å²) in [6.45, 7) is 5.27. The SMILES string of the molecule is CCNc1cnc(C(=O)NC(C)Cn2cccn2)cn1. The molecule has 2 heterocycles. The number of amides is 1. The minimum Gasteiger partial charge on any atom is -0.369 e. The average molecular weight is 274 g/mol. The van der Waals surface area contributed by atoms with E-state index in [2.05, 4.69) is 25.7 Å². The molecule has 1 unspecified atom stereocenters. The normalized spacial score (nSPS) is 11.9. The molecule has 1 amide bonds. The van der Waals surface area contributed by atoms with Crippen LogP contribution in [0.5, 0.6) is 0 Å². The van der Waals surface area contributed by atoms with Gasteiger partial charge < -0.3 is 10.6 Å². The number of carbonyl (C=O) groups is 1. The minimum atomic E-state index is -0.236. The summed E-state index contributed by atoms with van der Waals surface area (Å²) in [6, 6.07) is 1.80. The Morgan fingerprint density at radius 2 is 2.25 bits per heavy atom. The highest BCUT2D eigenvalue weighted by molar-refractivity contribution is 5.92. The van der Waals surface area contributed by atoms with Crippen molar-refractivity contribution in [2.45, 2.75) is 26.4 Å². The number of nitrogens with zero attached hydrogens (tertiary/aromatic N) is 4. The Bertz CT molecular complexity index is 536. The largest absolute Gasteiger partial charge is 0.369 e. The summed E-state index contributed by atoms with van der Waals surface area (Å²) in [6.07, 6.45) is 6.58. The summed E-state index contributed by atoms with van der Waals surface area (Å²) < 4.78 is 1.77. The second-order valence-corrected chi connectivity index (χ2v) is 4.42. The zero-order chi connectivity index (χ0) is 14.4. The molecule has 0 aliphatic heterocycles. The Kier molecular flexibility index (Phi) is 4.65. The van der Waals surface area contributed by atoms with E-state index in [1.165, 1.54) is 6.20 Å². The lowest BCUT2D eigenvalue weighted by atomic mass is 10.3. The third kappa shape index (κ3) is 3.78. The first-order valence-electron chi connectivity index (χ1n) is 6.53. The molecule has 20 heavy (non-hydrogen) atoms. The van der Waals surface area contributed by atoms with E-state index in [0.717, 1.165) is 6.54 Å². The van der Waals surface area contributed by atoms with E-state index < -0.39 is 0 Å². The van der Waals surface area contributed by atoms with Crippen molar-refractivity contribution < 1.29 is 4.79 Å². The average Bonchev–Trinajstić information content (AvgIpc) is 2.92.